The molecule has 25 heavy (non-hydrogen) atoms. The maximum atomic E-state index is 12.6. The molecule has 0 aromatic carbocycles. The second-order valence-corrected chi connectivity index (χ2v) is 7.44. The van der Waals surface area contributed by atoms with Crippen molar-refractivity contribution in [3.63, 3.8) is 0 Å². The normalized spacial score (nSPS) is 26.1. The maximum absolute atomic E-state index is 12.6. The van der Waals surface area contributed by atoms with Gasteiger partial charge in [-0.15, -0.1) is 0 Å². The van der Waals surface area contributed by atoms with Crippen LogP contribution in [0.5, 0.6) is 0 Å². The highest BCUT2D eigenvalue weighted by Gasteiger charge is 2.49. The SMILES string of the molecule is C[C@H]1N(CC2CC2)C(=O)COC12CCN(C(=O)c1ccnnc1)CC2. The summed E-state index contributed by atoms with van der Waals surface area (Å²) in [6.45, 7) is 4.40. The summed E-state index contributed by atoms with van der Waals surface area (Å²) in [5.41, 5.74) is 0.241. The van der Waals surface area contributed by atoms with Crippen molar-refractivity contribution in [1.82, 2.24) is 20.0 Å². The molecule has 2 amide bonds. The summed E-state index contributed by atoms with van der Waals surface area (Å²) in [7, 11) is 0. The first-order valence-electron chi connectivity index (χ1n) is 9.08. The Bertz CT molecular complexity index is 654. The van der Waals surface area contributed by atoms with Crippen molar-refractivity contribution in [1.29, 1.82) is 0 Å². The van der Waals surface area contributed by atoms with Gasteiger partial charge in [0, 0.05) is 19.6 Å². The Kier molecular flexibility index (Phi) is 4.19. The first-order valence-corrected chi connectivity index (χ1v) is 9.08. The van der Waals surface area contributed by atoms with Crippen LogP contribution in [0, 0.1) is 5.92 Å². The van der Waals surface area contributed by atoms with Crippen LogP contribution in [-0.4, -0.2) is 69.7 Å². The standard InChI is InChI=1S/C18H24N4O3/c1-13-18(25-12-16(23)22(13)11-14-2-3-14)5-8-21(9-6-18)17(24)15-4-7-19-20-10-15/h4,7,10,13-14H,2-3,5-6,8-9,11-12H2,1H3/t13-/m1/s1. The Morgan fingerprint density at radius 3 is 2.72 bits per heavy atom. The van der Waals surface area contributed by atoms with Crippen molar-refractivity contribution in [3.05, 3.63) is 24.0 Å². The number of amides is 2. The van der Waals surface area contributed by atoms with Gasteiger partial charge in [-0.25, -0.2) is 0 Å². The average molecular weight is 344 g/mol. The molecule has 1 aliphatic carbocycles. The lowest BCUT2D eigenvalue weighted by molar-refractivity contribution is -0.185. The zero-order valence-corrected chi connectivity index (χ0v) is 14.6. The third-order valence-electron chi connectivity index (χ3n) is 5.91. The summed E-state index contributed by atoms with van der Waals surface area (Å²) in [6, 6.07) is 1.75. The predicted molar refractivity (Wildman–Crippen MR) is 89.8 cm³/mol. The molecule has 0 radical (unpaired) electrons. The molecule has 4 rings (SSSR count). The molecule has 134 valence electrons. The largest absolute Gasteiger partial charge is 0.363 e. The first-order chi connectivity index (χ1) is 12.1. The van der Waals surface area contributed by atoms with E-state index in [4.69, 9.17) is 4.74 Å². The molecule has 0 unspecified atom stereocenters. The minimum absolute atomic E-state index is 0.0147. The van der Waals surface area contributed by atoms with Crippen LogP contribution in [0.25, 0.3) is 0 Å². The van der Waals surface area contributed by atoms with E-state index in [9.17, 15) is 9.59 Å². The molecule has 1 spiro atoms. The second kappa shape index (κ2) is 6.37. The lowest BCUT2D eigenvalue weighted by atomic mass is 9.82. The highest BCUT2D eigenvalue weighted by Crippen LogP contribution is 2.38. The van der Waals surface area contributed by atoms with Gasteiger partial charge in [-0.1, -0.05) is 0 Å². The second-order valence-electron chi connectivity index (χ2n) is 7.44. The van der Waals surface area contributed by atoms with E-state index in [0.29, 0.717) is 24.6 Å². The van der Waals surface area contributed by atoms with Crippen LogP contribution in [0.4, 0.5) is 0 Å². The van der Waals surface area contributed by atoms with Crippen LogP contribution >= 0.6 is 0 Å². The number of nitrogens with zero attached hydrogens (tertiary/aromatic N) is 4. The fraction of sp³-hybridized carbons (Fsp3) is 0.667. The van der Waals surface area contributed by atoms with E-state index in [1.807, 2.05) is 9.80 Å². The Hall–Kier alpha value is -2.02. The van der Waals surface area contributed by atoms with Crippen LogP contribution in [-0.2, 0) is 9.53 Å². The Morgan fingerprint density at radius 1 is 1.32 bits per heavy atom. The number of carbonyl (C=O) groups is 2. The molecular weight excluding hydrogens is 320 g/mol. The molecule has 0 N–H and O–H groups in total. The van der Waals surface area contributed by atoms with Crippen molar-refractivity contribution in [2.24, 2.45) is 5.92 Å². The van der Waals surface area contributed by atoms with Gasteiger partial charge in [-0.3, -0.25) is 9.59 Å². The molecule has 3 heterocycles. The Morgan fingerprint density at radius 2 is 2.08 bits per heavy atom. The van der Waals surface area contributed by atoms with E-state index in [1.165, 1.54) is 25.2 Å². The van der Waals surface area contributed by atoms with Gasteiger partial charge in [0.1, 0.15) is 6.61 Å². The number of aromatic nitrogens is 2. The third-order valence-corrected chi connectivity index (χ3v) is 5.91. The molecule has 2 saturated heterocycles. The molecule has 2 aliphatic heterocycles. The third kappa shape index (κ3) is 3.13. The number of ether oxygens (including phenoxy) is 1. The summed E-state index contributed by atoms with van der Waals surface area (Å²) < 4.78 is 6.05. The minimum atomic E-state index is -0.323. The molecule has 3 aliphatic rings. The topological polar surface area (TPSA) is 75.6 Å². The van der Waals surface area contributed by atoms with Crippen molar-refractivity contribution < 1.29 is 14.3 Å². The summed E-state index contributed by atoms with van der Waals surface area (Å²) in [4.78, 5) is 28.7. The summed E-state index contributed by atoms with van der Waals surface area (Å²) >= 11 is 0. The van der Waals surface area contributed by atoms with Crippen molar-refractivity contribution in [3.8, 4) is 0 Å². The maximum Gasteiger partial charge on any atom is 0.255 e. The number of piperidine rings is 1. The van der Waals surface area contributed by atoms with Crippen LogP contribution in [0.15, 0.2) is 18.5 Å². The first kappa shape index (κ1) is 16.4. The summed E-state index contributed by atoms with van der Waals surface area (Å²) in [5, 5.41) is 7.50. The zero-order valence-electron chi connectivity index (χ0n) is 14.6. The van der Waals surface area contributed by atoms with E-state index < -0.39 is 0 Å². The van der Waals surface area contributed by atoms with Gasteiger partial charge >= 0.3 is 0 Å². The lowest BCUT2D eigenvalue weighted by Gasteiger charge is -2.51. The van der Waals surface area contributed by atoms with E-state index in [1.54, 1.807) is 6.07 Å². The lowest BCUT2D eigenvalue weighted by Crippen LogP contribution is -2.64. The number of hydrogen-bond acceptors (Lipinski definition) is 5. The van der Waals surface area contributed by atoms with Gasteiger partial charge < -0.3 is 14.5 Å². The number of hydrogen-bond donors (Lipinski definition) is 0. The fourth-order valence-electron chi connectivity index (χ4n) is 4.00. The summed E-state index contributed by atoms with van der Waals surface area (Å²) in [6.07, 6.45) is 7.01. The molecule has 7 heteroatoms. The molecule has 1 atom stereocenters. The van der Waals surface area contributed by atoms with Crippen LogP contribution < -0.4 is 0 Å². The van der Waals surface area contributed by atoms with Gasteiger partial charge in [-0.05, 0) is 44.6 Å². The molecule has 3 fully saturated rings. The number of carbonyl (C=O) groups excluding carboxylic acids is 2. The van der Waals surface area contributed by atoms with E-state index in [-0.39, 0.29) is 30.1 Å². The monoisotopic (exact) mass is 344 g/mol. The van der Waals surface area contributed by atoms with E-state index in [2.05, 4.69) is 17.1 Å². The smallest absolute Gasteiger partial charge is 0.255 e. The zero-order chi connectivity index (χ0) is 17.4. The van der Waals surface area contributed by atoms with Crippen molar-refractivity contribution >= 4 is 11.8 Å². The molecular formula is C18H24N4O3. The van der Waals surface area contributed by atoms with Crippen molar-refractivity contribution in [2.75, 3.05) is 26.2 Å². The van der Waals surface area contributed by atoms with E-state index in [0.717, 1.165) is 19.4 Å². The molecule has 1 saturated carbocycles. The Labute approximate surface area is 147 Å². The number of rotatable bonds is 3. The number of morpholine rings is 1. The van der Waals surface area contributed by atoms with Crippen LogP contribution in [0.3, 0.4) is 0 Å². The average Bonchev–Trinajstić information content (AvgIpc) is 3.47. The van der Waals surface area contributed by atoms with Gasteiger partial charge in [-0.2, -0.15) is 10.2 Å². The van der Waals surface area contributed by atoms with Crippen molar-refractivity contribution in [2.45, 2.75) is 44.2 Å². The highest BCUT2D eigenvalue weighted by molar-refractivity contribution is 5.93. The van der Waals surface area contributed by atoms with Gasteiger partial charge in [0.05, 0.1) is 29.6 Å². The molecule has 1 aromatic heterocycles. The predicted octanol–water partition coefficient (Wildman–Crippen LogP) is 1.11. The molecule has 0 bridgehead atoms. The van der Waals surface area contributed by atoms with E-state index >= 15 is 0 Å². The molecule has 7 nitrogen and oxygen atoms in total. The quantitative estimate of drug-likeness (QED) is 0.821. The van der Waals surface area contributed by atoms with Gasteiger partial charge in [0.25, 0.3) is 5.91 Å². The summed E-state index contributed by atoms with van der Waals surface area (Å²) in [5.74, 6) is 0.757. The highest BCUT2D eigenvalue weighted by atomic mass is 16.5. The van der Waals surface area contributed by atoms with Crippen LogP contribution in [0.2, 0.25) is 0 Å². The van der Waals surface area contributed by atoms with Gasteiger partial charge in [0.2, 0.25) is 5.91 Å². The van der Waals surface area contributed by atoms with Crippen LogP contribution in [0.1, 0.15) is 43.0 Å². The van der Waals surface area contributed by atoms with Gasteiger partial charge in [0.15, 0.2) is 0 Å². The number of likely N-dealkylation sites (tertiary alicyclic amines) is 1. The Balaban J connectivity index is 1.43. The fourth-order valence-corrected chi connectivity index (χ4v) is 4.00. The minimum Gasteiger partial charge on any atom is -0.363 e. The molecule has 1 aromatic rings.